The summed E-state index contributed by atoms with van der Waals surface area (Å²) in [7, 11) is -3.02. The van der Waals surface area contributed by atoms with Gasteiger partial charge in [-0.05, 0) is 51.1 Å². The van der Waals surface area contributed by atoms with Gasteiger partial charge in [0.1, 0.15) is 0 Å². The second-order valence-corrected chi connectivity index (χ2v) is 8.66. The van der Waals surface area contributed by atoms with Crippen molar-refractivity contribution in [3.05, 3.63) is 0 Å². The van der Waals surface area contributed by atoms with Crippen molar-refractivity contribution in [3.63, 3.8) is 0 Å². The number of nitrogens with one attached hydrogen (secondary N) is 1. The highest BCUT2D eigenvalue weighted by Gasteiger charge is 2.28. The van der Waals surface area contributed by atoms with Crippen molar-refractivity contribution in [1.82, 2.24) is 14.5 Å². The second-order valence-electron chi connectivity index (χ2n) is 6.68. The average molecular weight is 317 g/mol. The molecule has 0 aromatic carbocycles. The van der Waals surface area contributed by atoms with E-state index in [4.69, 9.17) is 0 Å². The van der Waals surface area contributed by atoms with E-state index in [9.17, 15) is 8.42 Å². The Labute approximate surface area is 130 Å². The van der Waals surface area contributed by atoms with Crippen LogP contribution < -0.4 is 5.32 Å². The Morgan fingerprint density at radius 3 is 2.62 bits per heavy atom. The molecule has 6 heteroatoms. The van der Waals surface area contributed by atoms with Crippen LogP contribution in [-0.4, -0.2) is 69.2 Å². The number of hydrogen-bond donors (Lipinski definition) is 1. The first kappa shape index (κ1) is 17.2. The van der Waals surface area contributed by atoms with Crippen LogP contribution in [0.25, 0.3) is 0 Å². The molecule has 2 saturated heterocycles. The minimum atomic E-state index is -3.02. The van der Waals surface area contributed by atoms with Gasteiger partial charge in [-0.15, -0.1) is 0 Å². The maximum atomic E-state index is 11.7. The van der Waals surface area contributed by atoms with Gasteiger partial charge in [0.15, 0.2) is 0 Å². The number of sulfonamides is 1. The molecular formula is C15H31N3O2S. The maximum Gasteiger partial charge on any atom is 0.211 e. The zero-order chi connectivity index (χ0) is 15.3. The third-order valence-corrected chi connectivity index (χ3v) is 5.93. The molecule has 2 rings (SSSR count). The summed E-state index contributed by atoms with van der Waals surface area (Å²) in [6.07, 6.45) is 7.21. The Bertz CT molecular complexity index is 413. The summed E-state index contributed by atoms with van der Waals surface area (Å²) in [5.41, 5.74) is 0. The Morgan fingerprint density at radius 2 is 1.90 bits per heavy atom. The highest BCUT2D eigenvalue weighted by atomic mass is 32.2. The van der Waals surface area contributed by atoms with Crippen LogP contribution in [-0.2, 0) is 10.0 Å². The number of piperidine rings is 2. The van der Waals surface area contributed by atoms with E-state index in [0.717, 1.165) is 32.5 Å². The average Bonchev–Trinajstić information content (AvgIpc) is 2.45. The summed E-state index contributed by atoms with van der Waals surface area (Å²) in [5, 5.41) is 3.62. The van der Waals surface area contributed by atoms with Crippen molar-refractivity contribution in [3.8, 4) is 0 Å². The van der Waals surface area contributed by atoms with Gasteiger partial charge in [0, 0.05) is 32.2 Å². The van der Waals surface area contributed by atoms with Crippen molar-refractivity contribution in [1.29, 1.82) is 0 Å². The van der Waals surface area contributed by atoms with Gasteiger partial charge in [-0.1, -0.05) is 6.92 Å². The fourth-order valence-corrected chi connectivity index (χ4v) is 4.52. The summed E-state index contributed by atoms with van der Waals surface area (Å²) >= 11 is 0. The van der Waals surface area contributed by atoms with Crippen LogP contribution in [0.2, 0.25) is 0 Å². The number of nitrogens with zero attached hydrogens (tertiary/aromatic N) is 2. The Hall–Kier alpha value is -0.170. The van der Waals surface area contributed by atoms with E-state index in [1.807, 2.05) is 0 Å². The lowest BCUT2D eigenvalue weighted by Gasteiger charge is -2.38. The van der Waals surface area contributed by atoms with Gasteiger partial charge in [-0.25, -0.2) is 12.7 Å². The normalized spacial score (nSPS) is 29.6. The predicted molar refractivity (Wildman–Crippen MR) is 86.9 cm³/mol. The van der Waals surface area contributed by atoms with Gasteiger partial charge in [0.05, 0.1) is 6.26 Å². The smallest absolute Gasteiger partial charge is 0.211 e. The fourth-order valence-electron chi connectivity index (χ4n) is 3.58. The van der Waals surface area contributed by atoms with Gasteiger partial charge in [0.25, 0.3) is 0 Å². The van der Waals surface area contributed by atoms with Crippen LogP contribution in [0.1, 0.15) is 39.0 Å². The van der Waals surface area contributed by atoms with Crippen molar-refractivity contribution in [2.75, 3.05) is 45.5 Å². The molecule has 2 aliphatic rings. The Morgan fingerprint density at radius 1 is 1.14 bits per heavy atom. The molecule has 0 amide bonds. The summed E-state index contributed by atoms with van der Waals surface area (Å²) < 4.78 is 25.1. The van der Waals surface area contributed by atoms with Crippen molar-refractivity contribution < 1.29 is 8.42 Å². The fraction of sp³-hybridized carbons (Fsp3) is 1.00. The van der Waals surface area contributed by atoms with Crippen LogP contribution in [0.3, 0.4) is 0 Å². The molecule has 0 saturated carbocycles. The van der Waals surface area contributed by atoms with Crippen LogP contribution in [0.5, 0.6) is 0 Å². The summed E-state index contributed by atoms with van der Waals surface area (Å²) in [5.74, 6) is 0.499. The van der Waals surface area contributed by atoms with E-state index in [1.165, 1.54) is 32.1 Å². The summed E-state index contributed by atoms with van der Waals surface area (Å²) in [6, 6.07) is 0.619. The van der Waals surface area contributed by atoms with Crippen molar-refractivity contribution >= 4 is 10.0 Å². The van der Waals surface area contributed by atoms with Crippen LogP contribution in [0.4, 0.5) is 0 Å². The zero-order valence-corrected chi connectivity index (χ0v) is 14.4. The number of likely N-dealkylation sites (tertiary alicyclic amines) is 1. The van der Waals surface area contributed by atoms with Crippen molar-refractivity contribution in [2.45, 2.75) is 45.1 Å². The first-order valence-corrected chi connectivity index (χ1v) is 10.2. The summed E-state index contributed by atoms with van der Waals surface area (Å²) in [6.45, 7) is 8.06. The SMILES string of the molecule is CCCNC1CCCN(CC2CCCN(S(C)(=O)=O)C2)C1. The van der Waals surface area contributed by atoms with Gasteiger partial charge < -0.3 is 10.2 Å². The second kappa shape index (κ2) is 7.90. The molecule has 2 aliphatic heterocycles. The lowest BCUT2D eigenvalue weighted by molar-refractivity contribution is 0.139. The first-order chi connectivity index (χ1) is 9.99. The van der Waals surface area contributed by atoms with Gasteiger partial charge in [-0.3, -0.25) is 0 Å². The molecule has 5 nitrogen and oxygen atoms in total. The molecule has 2 heterocycles. The lowest BCUT2D eigenvalue weighted by atomic mass is 9.97. The van der Waals surface area contributed by atoms with E-state index in [0.29, 0.717) is 25.0 Å². The van der Waals surface area contributed by atoms with E-state index in [1.54, 1.807) is 4.31 Å². The third kappa shape index (κ3) is 5.51. The molecule has 0 aliphatic carbocycles. The van der Waals surface area contributed by atoms with Gasteiger partial charge in [0.2, 0.25) is 10.0 Å². The molecule has 0 aromatic heterocycles. The lowest BCUT2D eigenvalue weighted by Crippen LogP contribution is -2.49. The molecule has 1 N–H and O–H groups in total. The first-order valence-electron chi connectivity index (χ1n) is 8.40. The highest BCUT2D eigenvalue weighted by Crippen LogP contribution is 2.21. The molecule has 0 spiro atoms. The monoisotopic (exact) mass is 317 g/mol. The van der Waals surface area contributed by atoms with Crippen molar-refractivity contribution in [2.24, 2.45) is 5.92 Å². The topological polar surface area (TPSA) is 52.6 Å². The van der Waals surface area contributed by atoms with Crippen LogP contribution in [0, 0.1) is 5.92 Å². The molecule has 0 radical (unpaired) electrons. The van der Waals surface area contributed by atoms with Crippen LogP contribution in [0.15, 0.2) is 0 Å². The molecule has 0 bridgehead atoms. The van der Waals surface area contributed by atoms with E-state index in [-0.39, 0.29) is 0 Å². The Kier molecular flexibility index (Phi) is 6.47. The van der Waals surface area contributed by atoms with E-state index >= 15 is 0 Å². The maximum absolute atomic E-state index is 11.7. The zero-order valence-electron chi connectivity index (χ0n) is 13.6. The Balaban J connectivity index is 1.80. The molecule has 2 fully saturated rings. The van der Waals surface area contributed by atoms with Crippen LogP contribution >= 0.6 is 0 Å². The number of rotatable bonds is 6. The molecule has 21 heavy (non-hydrogen) atoms. The molecule has 124 valence electrons. The minimum Gasteiger partial charge on any atom is -0.313 e. The molecule has 2 unspecified atom stereocenters. The van der Waals surface area contributed by atoms with E-state index in [2.05, 4.69) is 17.1 Å². The molecule has 0 aromatic rings. The number of hydrogen-bond acceptors (Lipinski definition) is 4. The van der Waals surface area contributed by atoms with E-state index < -0.39 is 10.0 Å². The standard InChI is InChI=1S/C15H31N3O2S/c1-3-8-16-15-7-5-9-17(13-15)11-14-6-4-10-18(12-14)21(2,19)20/h14-16H,3-13H2,1-2H3. The predicted octanol–water partition coefficient (Wildman–Crippen LogP) is 1.12. The minimum absolute atomic E-state index is 0.499. The quantitative estimate of drug-likeness (QED) is 0.798. The largest absolute Gasteiger partial charge is 0.313 e. The third-order valence-electron chi connectivity index (χ3n) is 4.66. The van der Waals surface area contributed by atoms with Gasteiger partial charge >= 0.3 is 0 Å². The molecular weight excluding hydrogens is 286 g/mol. The highest BCUT2D eigenvalue weighted by molar-refractivity contribution is 7.88. The summed E-state index contributed by atoms with van der Waals surface area (Å²) in [4.78, 5) is 2.53. The molecule has 2 atom stereocenters. The van der Waals surface area contributed by atoms with Gasteiger partial charge in [-0.2, -0.15) is 0 Å².